The first-order valence-electron chi connectivity index (χ1n) is 20.3. The van der Waals surface area contributed by atoms with Gasteiger partial charge in [-0.1, -0.05) is 116 Å². The number of unbranched alkanes of at least 4 members (excludes halogenated alkanes) is 2. The summed E-state index contributed by atoms with van der Waals surface area (Å²) in [6.07, 6.45) is -10.1. The lowest BCUT2D eigenvalue weighted by molar-refractivity contribution is -0.200. The van der Waals surface area contributed by atoms with E-state index in [2.05, 4.69) is 10.2 Å². The summed E-state index contributed by atoms with van der Waals surface area (Å²) in [5.74, 6) is -9.92. The van der Waals surface area contributed by atoms with Gasteiger partial charge in [-0.15, -0.1) is 5.06 Å². The molecule has 4 N–H and O–H groups in total. The number of ketones is 2. The number of nitrogens with zero attached hydrogens (tertiary/aromatic N) is 1. The number of carbonyl (C=O) groups is 9. The number of carboxylic acids is 1. The lowest BCUT2D eigenvalue weighted by Gasteiger charge is -2.21. The van der Waals surface area contributed by atoms with Crippen molar-refractivity contribution < 1.29 is 79.4 Å². The molecule has 1 heterocycles. The van der Waals surface area contributed by atoms with Crippen molar-refractivity contribution in [1.82, 2.24) is 21.0 Å². The molecule has 0 saturated carbocycles. The zero-order chi connectivity index (χ0) is 49.3. The van der Waals surface area contributed by atoms with Crippen molar-refractivity contribution in [3.8, 4) is 0 Å². The first-order valence-corrected chi connectivity index (χ1v) is 20.3. The number of halogens is 6. The van der Waals surface area contributed by atoms with Crippen LogP contribution < -0.4 is 16.0 Å². The van der Waals surface area contributed by atoms with Crippen molar-refractivity contribution in [2.45, 2.75) is 75.8 Å². The number of alkyl halides is 6. The molecule has 5 rings (SSSR count). The van der Waals surface area contributed by atoms with Gasteiger partial charge in [-0.25, -0.2) is 4.79 Å². The van der Waals surface area contributed by atoms with Gasteiger partial charge in [-0.2, -0.15) is 26.3 Å². The maximum Gasteiger partial charge on any atom is 0.471 e. The van der Waals surface area contributed by atoms with Gasteiger partial charge in [-0.05, 0) is 24.0 Å². The third-order valence-corrected chi connectivity index (χ3v) is 9.66. The third kappa shape index (κ3) is 16.3. The minimum Gasteiger partial charge on any atom is -0.481 e. The Morgan fingerprint density at radius 3 is 1.39 bits per heavy atom. The summed E-state index contributed by atoms with van der Waals surface area (Å²) in [6, 6.07) is 25.3. The molecule has 1 aliphatic heterocycles. The second-order valence-corrected chi connectivity index (χ2v) is 14.7. The molecule has 15 nitrogen and oxygen atoms in total. The summed E-state index contributed by atoms with van der Waals surface area (Å²) >= 11 is 0. The van der Waals surface area contributed by atoms with Crippen molar-refractivity contribution >= 4 is 53.0 Å². The Hall–Kier alpha value is -7.71. The third-order valence-electron chi connectivity index (χ3n) is 9.66. The number of aliphatic carboxylic acids is 1. The number of nitrogens with one attached hydrogen (secondary N) is 3. The lowest BCUT2D eigenvalue weighted by Crippen LogP contribution is -2.51. The predicted octanol–water partition coefficient (Wildman–Crippen LogP) is 5.38. The highest BCUT2D eigenvalue weighted by Gasteiger charge is 2.43. The molecule has 4 aromatic rings. The molecular weight excluding hydrogens is 899 g/mol. The van der Waals surface area contributed by atoms with Gasteiger partial charge in [0.25, 0.3) is 11.8 Å². The SMILES string of the molecule is O=C(O)CCCCCNC(=O)C(Cc1ccc(C(=O)c2ccccc2)cc1)NC(=O)C(F)(F)F.O=C(c1ccccc1)c1ccc(CC(NC(=O)C(F)(F)F)C(=O)ON2C(=O)CCC2=O)cc1. The molecule has 0 aromatic heterocycles. The average Bonchev–Trinajstić information content (AvgIpc) is 3.61. The van der Waals surface area contributed by atoms with E-state index in [1.165, 1.54) is 53.8 Å². The highest BCUT2D eigenvalue weighted by Crippen LogP contribution is 2.20. The van der Waals surface area contributed by atoms with E-state index in [1.54, 1.807) is 66.0 Å². The first-order chi connectivity index (χ1) is 31.6. The summed E-state index contributed by atoms with van der Waals surface area (Å²) < 4.78 is 76.4. The van der Waals surface area contributed by atoms with Crippen molar-refractivity contribution in [3.63, 3.8) is 0 Å². The number of hydroxylamine groups is 2. The van der Waals surface area contributed by atoms with Crippen LogP contribution >= 0.6 is 0 Å². The van der Waals surface area contributed by atoms with E-state index in [9.17, 15) is 69.5 Å². The molecular formula is C46H42F6N4O11. The molecule has 4 aromatic carbocycles. The molecule has 2 atom stereocenters. The second-order valence-electron chi connectivity index (χ2n) is 14.7. The Kier molecular flexibility index (Phi) is 18.6. The van der Waals surface area contributed by atoms with E-state index in [0.717, 1.165) is 0 Å². The van der Waals surface area contributed by atoms with Crippen LogP contribution in [0.5, 0.6) is 0 Å². The molecule has 0 bridgehead atoms. The van der Waals surface area contributed by atoms with Gasteiger partial charge in [0.1, 0.15) is 12.1 Å². The molecule has 0 spiro atoms. The molecule has 67 heavy (non-hydrogen) atoms. The van der Waals surface area contributed by atoms with E-state index >= 15 is 0 Å². The number of carboxylic acid groups (broad SMARTS) is 1. The second kappa shape index (κ2) is 24.0. The van der Waals surface area contributed by atoms with E-state index in [0.29, 0.717) is 52.6 Å². The van der Waals surface area contributed by atoms with Crippen LogP contribution in [0.4, 0.5) is 26.3 Å². The smallest absolute Gasteiger partial charge is 0.471 e. The van der Waals surface area contributed by atoms with Crippen LogP contribution in [0, 0.1) is 0 Å². The van der Waals surface area contributed by atoms with Gasteiger partial charge in [0.15, 0.2) is 11.6 Å². The normalized spacial score (nSPS) is 13.3. The summed E-state index contributed by atoms with van der Waals surface area (Å²) in [6.45, 7) is 0.126. The standard InChI is InChI=1S/C24H25F3N2O5.C22H17F3N2O6/c25-24(26,27)23(34)29-19(22(33)28-14-6-2-5-9-20(30)31)15-16-10-12-18(13-11-16)21(32)17-7-3-1-4-8-17;23-22(24,25)21(32)26-16(20(31)33-27-17(28)10-11-18(27)29)12-13-6-8-15(9-7-13)19(30)14-4-2-1-3-5-14/h1,3-4,7-8,10-13,19H,2,5-6,9,14-15H2,(H,28,33)(H,29,34)(H,30,31);1-9,16H,10-12H2,(H,26,32). The number of amides is 5. The average molecular weight is 941 g/mol. The van der Waals surface area contributed by atoms with Crippen LogP contribution in [0.1, 0.15) is 81.5 Å². The molecule has 21 heteroatoms. The number of hydrogen-bond donors (Lipinski definition) is 4. The molecule has 1 aliphatic rings. The van der Waals surface area contributed by atoms with Crippen LogP contribution in [0.15, 0.2) is 109 Å². The Bertz CT molecular complexity index is 2400. The number of rotatable bonds is 19. The molecule has 1 saturated heterocycles. The van der Waals surface area contributed by atoms with Crippen molar-refractivity contribution in [3.05, 3.63) is 143 Å². The van der Waals surface area contributed by atoms with Gasteiger partial charge in [-0.3, -0.25) is 38.4 Å². The molecule has 0 aliphatic carbocycles. The van der Waals surface area contributed by atoms with E-state index in [-0.39, 0.29) is 48.9 Å². The number of hydrogen-bond acceptors (Lipinski definition) is 10. The quantitative estimate of drug-likeness (QED) is 0.0404. The Balaban J connectivity index is 0.000000293. The van der Waals surface area contributed by atoms with Gasteiger partial charge in [0.2, 0.25) is 5.91 Å². The minimum atomic E-state index is -5.27. The van der Waals surface area contributed by atoms with Gasteiger partial charge < -0.3 is 25.9 Å². The summed E-state index contributed by atoms with van der Waals surface area (Å²) in [5.41, 5.74) is 2.34. The van der Waals surface area contributed by atoms with Crippen molar-refractivity contribution in [2.75, 3.05) is 6.54 Å². The zero-order valence-corrected chi connectivity index (χ0v) is 35.2. The Morgan fingerprint density at radius 1 is 0.567 bits per heavy atom. The minimum absolute atomic E-state index is 0.0129. The van der Waals surface area contributed by atoms with Crippen LogP contribution in [-0.2, 0) is 51.2 Å². The summed E-state index contributed by atoms with van der Waals surface area (Å²) in [5, 5.41) is 14.5. The fraction of sp³-hybridized carbons (Fsp3) is 0.283. The largest absolute Gasteiger partial charge is 0.481 e. The number of carbonyl (C=O) groups excluding carboxylic acids is 8. The number of benzene rings is 4. The van der Waals surface area contributed by atoms with Crippen LogP contribution in [-0.4, -0.2) is 94.2 Å². The molecule has 0 radical (unpaired) electrons. The van der Waals surface area contributed by atoms with Gasteiger partial charge in [0.05, 0.1) is 0 Å². The van der Waals surface area contributed by atoms with E-state index in [1.807, 2.05) is 0 Å². The lowest BCUT2D eigenvalue weighted by atomic mass is 9.99. The zero-order valence-electron chi connectivity index (χ0n) is 35.2. The van der Waals surface area contributed by atoms with E-state index < -0.39 is 72.3 Å². The molecule has 1 fully saturated rings. The maximum atomic E-state index is 12.7. The maximum absolute atomic E-state index is 12.7. The van der Waals surface area contributed by atoms with Crippen LogP contribution in [0.2, 0.25) is 0 Å². The van der Waals surface area contributed by atoms with Crippen molar-refractivity contribution in [1.29, 1.82) is 0 Å². The van der Waals surface area contributed by atoms with Crippen LogP contribution in [0.3, 0.4) is 0 Å². The number of imide groups is 1. The summed E-state index contributed by atoms with van der Waals surface area (Å²) in [7, 11) is 0. The first kappa shape index (κ1) is 51.9. The Morgan fingerprint density at radius 2 is 0.970 bits per heavy atom. The summed E-state index contributed by atoms with van der Waals surface area (Å²) in [4.78, 5) is 111. The molecule has 354 valence electrons. The molecule has 5 amide bonds. The fourth-order valence-corrected chi connectivity index (χ4v) is 6.18. The highest BCUT2D eigenvalue weighted by atomic mass is 19.4. The highest BCUT2D eigenvalue weighted by molar-refractivity contribution is 6.09. The predicted molar refractivity (Wildman–Crippen MR) is 222 cm³/mol. The van der Waals surface area contributed by atoms with E-state index in [4.69, 9.17) is 5.11 Å². The van der Waals surface area contributed by atoms with Crippen molar-refractivity contribution in [2.24, 2.45) is 0 Å². The van der Waals surface area contributed by atoms with Gasteiger partial charge in [0, 0.05) is 60.9 Å². The topological polar surface area (TPSA) is 222 Å². The Labute approximate surface area is 377 Å². The monoisotopic (exact) mass is 940 g/mol. The van der Waals surface area contributed by atoms with Crippen LogP contribution in [0.25, 0.3) is 0 Å². The molecule has 2 unspecified atom stereocenters. The fourth-order valence-electron chi connectivity index (χ4n) is 6.18. The van der Waals surface area contributed by atoms with Gasteiger partial charge >= 0.3 is 36.1 Å².